The van der Waals surface area contributed by atoms with E-state index in [9.17, 15) is 0 Å². The van der Waals surface area contributed by atoms with Crippen LogP contribution in [0.2, 0.25) is 10.2 Å². The van der Waals surface area contributed by atoms with Crippen molar-refractivity contribution in [1.82, 2.24) is 19.7 Å². The molecule has 0 bridgehead atoms. The minimum Gasteiger partial charge on any atom is -0.393 e. The van der Waals surface area contributed by atoms with Crippen molar-refractivity contribution >= 4 is 28.9 Å². The summed E-state index contributed by atoms with van der Waals surface area (Å²) < 4.78 is 1.44. The Bertz CT molecular complexity index is 467. The number of hydrogen-bond donors (Lipinski definition) is 1. The predicted molar refractivity (Wildman–Crippen MR) is 53.6 cm³/mol. The topological polar surface area (TPSA) is 69.6 Å². The number of rotatable bonds is 1. The third-order valence-electron chi connectivity index (χ3n) is 1.58. The van der Waals surface area contributed by atoms with Crippen LogP contribution < -0.4 is 5.73 Å². The molecule has 72 valence electrons. The van der Waals surface area contributed by atoms with Gasteiger partial charge in [-0.3, -0.25) is 0 Å². The largest absolute Gasteiger partial charge is 0.393 e. The van der Waals surface area contributed by atoms with Gasteiger partial charge in [0.2, 0.25) is 0 Å². The molecular formula is C7H5Cl2N5. The summed E-state index contributed by atoms with van der Waals surface area (Å²) in [5, 5.41) is 4.64. The monoisotopic (exact) mass is 229 g/mol. The van der Waals surface area contributed by atoms with E-state index in [-0.39, 0.29) is 10.8 Å². The average molecular weight is 230 g/mol. The van der Waals surface area contributed by atoms with Gasteiger partial charge in [0, 0.05) is 0 Å². The van der Waals surface area contributed by atoms with Crippen LogP contribution in [0.1, 0.15) is 0 Å². The molecule has 0 saturated heterocycles. The third kappa shape index (κ3) is 1.51. The molecule has 0 amide bonds. The van der Waals surface area contributed by atoms with E-state index in [1.165, 1.54) is 17.2 Å². The highest BCUT2D eigenvalue weighted by Crippen LogP contribution is 2.21. The maximum absolute atomic E-state index is 5.72. The molecule has 0 spiro atoms. The molecule has 0 aromatic carbocycles. The quantitative estimate of drug-likeness (QED) is 0.754. The van der Waals surface area contributed by atoms with Gasteiger partial charge in [-0.25, -0.2) is 14.6 Å². The summed E-state index contributed by atoms with van der Waals surface area (Å²) in [7, 11) is 0. The highest BCUT2D eigenvalue weighted by atomic mass is 35.5. The van der Waals surface area contributed by atoms with Crippen LogP contribution in [0, 0.1) is 0 Å². The highest BCUT2D eigenvalue weighted by Gasteiger charge is 2.08. The SMILES string of the molecule is Nc1c(Cl)ncnc1-n1cc(Cl)cn1. The number of nitrogens with two attached hydrogens (primary N) is 1. The zero-order valence-electron chi connectivity index (χ0n) is 6.85. The van der Waals surface area contributed by atoms with Crippen LogP contribution in [0.15, 0.2) is 18.7 Å². The minimum absolute atomic E-state index is 0.196. The normalized spacial score (nSPS) is 10.4. The lowest BCUT2D eigenvalue weighted by atomic mass is 10.5. The summed E-state index contributed by atoms with van der Waals surface area (Å²) in [6.07, 6.45) is 4.37. The van der Waals surface area contributed by atoms with Gasteiger partial charge in [0.05, 0.1) is 17.4 Å². The molecule has 0 fully saturated rings. The smallest absolute Gasteiger partial charge is 0.181 e. The van der Waals surface area contributed by atoms with Gasteiger partial charge >= 0.3 is 0 Å². The molecule has 0 aliphatic heterocycles. The Balaban J connectivity index is 2.57. The van der Waals surface area contributed by atoms with Gasteiger partial charge < -0.3 is 5.73 Å². The molecule has 5 nitrogen and oxygen atoms in total. The molecule has 0 unspecified atom stereocenters. The van der Waals surface area contributed by atoms with Crippen molar-refractivity contribution in [2.75, 3.05) is 5.73 Å². The molecule has 2 aromatic rings. The summed E-state index contributed by atoms with van der Waals surface area (Å²) in [6.45, 7) is 0. The van der Waals surface area contributed by atoms with Crippen molar-refractivity contribution < 1.29 is 0 Å². The van der Waals surface area contributed by atoms with E-state index < -0.39 is 0 Å². The van der Waals surface area contributed by atoms with Crippen molar-refractivity contribution in [3.8, 4) is 5.82 Å². The fourth-order valence-electron chi connectivity index (χ4n) is 0.965. The lowest BCUT2D eigenvalue weighted by Crippen LogP contribution is -2.04. The van der Waals surface area contributed by atoms with Gasteiger partial charge in [0.25, 0.3) is 0 Å². The summed E-state index contributed by atoms with van der Waals surface area (Å²) in [5.74, 6) is 0.414. The van der Waals surface area contributed by atoms with E-state index in [0.717, 1.165) is 0 Å². The van der Waals surface area contributed by atoms with E-state index in [1.807, 2.05) is 0 Å². The summed E-state index contributed by atoms with van der Waals surface area (Å²) >= 11 is 11.4. The van der Waals surface area contributed by atoms with Crippen LogP contribution in [0.3, 0.4) is 0 Å². The van der Waals surface area contributed by atoms with Gasteiger partial charge in [-0.2, -0.15) is 5.10 Å². The maximum atomic E-state index is 5.72. The summed E-state index contributed by atoms with van der Waals surface area (Å²) in [4.78, 5) is 7.67. The molecule has 0 saturated carbocycles. The standard InChI is InChI=1S/C7H5Cl2N5/c8-4-1-13-14(2-4)7-5(10)6(9)11-3-12-7/h1-3H,10H2. The Hall–Kier alpha value is -1.33. The first-order valence-electron chi connectivity index (χ1n) is 3.65. The highest BCUT2D eigenvalue weighted by molar-refractivity contribution is 6.32. The number of anilines is 1. The molecule has 2 heterocycles. The van der Waals surface area contributed by atoms with Gasteiger partial charge in [0.15, 0.2) is 11.0 Å². The molecule has 0 aliphatic carbocycles. The van der Waals surface area contributed by atoms with E-state index in [0.29, 0.717) is 10.8 Å². The zero-order chi connectivity index (χ0) is 10.1. The summed E-state index contributed by atoms with van der Waals surface area (Å²) in [5.41, 5.74) is 5.94. The first kappa shape index (κ1) is 9.23. The van der Waals surface area contributed by atoms with Crippen molar-refractivity contribution in [2.24, 2.45) is 0 Å². The second-order valence-corrected chi connectivity index (χ2v) is 3.30. The van der Waals surface area contributed by atoms with Gasteiger partial charge in [0.1, 0.15) is 12.0 Å². The van der Waals surface area contributed by atoms with Gasteiger partial charge in [-0.1, -0.05) is 23.2 Å². The van der Waals surface area contributed by atoms with E-state index >= 15 is 0 Å². The molecule has 0 radical (unpaired) electrons. The van der Waals surface area contributed by atoms with Crippen LogP contribution >= 0.6 is 23.2 Å². The number of aromatic nitrogens is 4. The van der Waals surface area contributed by atoms with E-state index in [2.05, 4.69) is 15.1 Å². The first-order valence-corrected chi connectivity index (χ1v) is 4.40. The number of nitrogen functional groups attached to an aromatic ring is 1. The Kier molecular flexibility index (Phi) is 2.26. The lowest BCUT2D eigenvalue weighted by Gasteiger charge is -2.03. The Morgan fingerprint density at radius 3 is 2.71 bits per heavy atom. The van der Waals surface area contributed by atoms with E-state index in [1.54, 1.807) is 6.20 Å². The second-order valence-electron chi connectivity index (χ2n) is 2.50. The van der Waals surface area contributed by atoms with Crippen LogP contribution in [0.4, 0.5) is 5.69 Å². The van der Waals surface area contributed by atoms with Crippen molar-refractivity contribution in [3.05, 3.63) is 28.9 Å². The Labute approximate surface area is 89.5 Å². The molecule has 0 atom stereocenters. The molecule has 7 heteroatoms. The average Bonchev–Trinajstić information content (AvgIpc) is 2.57. The van der Waals surface area contributed by atoms with E-state index in [4.69, 9.17) is 28.9 Å². The summed E-state index contributed by atoms with van der Waals surface area (Å²) in [6, 6.07) is 0. The zero-order valence-corrected chi connectivity index (χ0v) is 8.37. The van der Waals surface area contributed by atoms with Gasteiger partial charge in [-0.15, -0.1) is 0 Å². The molecule has 14 heavy (non-hydrogen) atoms. The fraction of sp³-hybridized carbons (Fsp3) is 0. The second kappa shape index (κ2) is 3.43. The Morgan fingerprint density at radius 2 is 2.07 bits per heavy atom. The molecule has 2 aromatic heterocycles. The van der Waals surface area contributed by atoms with Crippen LogP contribution in [-0.2, 0) is 0 Å². The van der Waals surface area contributed by atoms with Crippen molar-refractivity contribution in [3.63, 3.8) is 0 Å². The minimum atomic E-state index is 0.196. The van der Waals surface area contributed by atoms with Crippen molar-refractivity contribution in [2.45, 2.75) is 0 Å². The van der Waals surface area contributed by atoms with Crippen molar-refractivity contribution in [1.29, 1.82) is 0 Å². The first-order chi connectivity index (χ1) is 6.68. The molecular weight excluding hydrogens is 225 g/mol. The van der Waals surface area contributed by atoms with Crippen LogP contribution in [0.25, 0.3) is 5.82 Å². The van der Waals surface area contributed by atoms with Gasteiger partial charge in [-0.05, 0) is 0 Å². The fourth-order valence-corrected chi connectivity index (χ4v) is 1.23. The number of hydrogen-bond acceptors (Lipinski definition) is 4. The third-order valence-corrected chi connectivity index (χ3v) is 2.08. The molecule has 0 aliphatic rings. The lowest BCUT2D eigenvalue weighted by molar-refractivity contribution is 0.843. The maximum Gasteiger partial charge on any atom is 0.181 e. The number of halogens is 2. The molecule has 2 N–H and O–H groups in total. The van der Waals surface area contributed by atoms with Crippen LogP contribution in [0.5, 0.6) is 0 Å². The number of nitrogens with zero attached hydrogens (tertiary/aromatic N) is 4. The molecule has 2 rings (SSSR count). The van der Waals surface area contributed by atoms with Crippen LogP contribution in [-0.4, -0.2) is 19.7 Å². The predicted octanol–water partition coefficient (Wildman–Crippen LogP) is 1.55. The Morgan fingerprint density at radius 1 is 1.29 bits per heavy atom.